The van der Waals surface area contributed by atoms with Crippen LogP contribution in [0.1, 0.15) is 36.1 Å². The van der Waals surface area contributed by atoms with E-state index >= 15 is 0 Å². The lowest BCUT2D eigenvalue weighted by Crippen LogP contribution is -2.59. The Labute approximate surface area is 189 Å². The van der Waals surface area contributed by atoms with Gasteiger partial charge < -0.3 is 0 Å². The van der Waals surface area contributed by atoms with Crippen molar-refractivity contribution in [2.75, 3.05) is 4.90 Å². The third kappa shape index (κ3) is 1.92. The van der Waals surface area contributed by atoms with Gasteiger partial charge in [-0.3, -0.25) is 9.59 Å². The van der Waals surface area contributed by atoms with Crippen LogP contribution < -0.4 is 4.90 Å². The second-order valence-corrected chi connectivity index (χ2v) is 10.2. The SMILES string of the molecule is CC12c3ccccc3C(C)(c3ccccc31)[C@H]1C(=O)N(c3ccc(I)cc3)C(=O)[C@H]12. The first-order valence-electron chi connectivity index (χ1n) is 10.2. The van der Waals surface area contributed by atoms with Gasteiger partial charge in [-0.25, -0.2) is 4.90 Å². The maximum Gasteiger partial charge on any atom is 0.238 e. The Hall–Kier alpha value is -2.47. The van der Waals surface area contributed by atoms with Gasteiger partial charge in [-0.05, 0) is 69.1 Å². The Morgan fingerprint density at radius 2 is 1.03 bits per heavy atom. The van der Waals surface area contributed by atoms with Gasteiger partial charge in [0, 0.05) is 14.4 Å². The highest BCUT2D eigenvalue weighted by Gasteiger charge is 2.70. The highest BCUT2D eigenvalue weighted by atomic mass is 127. The van der Waals surface area contributed by atoms with Gasteiger partial charge in [-0.1, -0.05) is 62.4 Å². The van der Waals surface area contributed by atoms with Crippen molar-refractivity contribution in [3.8, 4) is 0 Å². The van der Waals surface area contributed by atoms with Crippen LogP contribution in [0.3, 0.4) is 0 Å². The summed E-state index contributed by atoms with van der Waals surface area (Å²) in [5.41, 5.74) is 4.33. The molecule has 4 aliphatic rings. The van der Waals surface area contributed by atoms with Crippen LogP contribution in [0.15, 0.2) is 72.8 Å². The average molecular weight is 505 g/mol. The lowest BCUT2D eigenvalue weighted by Gasteiger charge is -2.57. The van der Waals surface area contributed by atoms with Crippen molar-refractivity contribution in [3.63, 3.8) is 0 Å². The van der Waals surface area contributed by atoms with Crippen molar-refractivity contribution in [2.45, 2.75) is 24.7 Å². The van der Waals surface area contributed by atoms with E-state index in [1.165, 1.54) is 27.2 Å². The summed E-state index contributed by atoms with van der Waals surface area (Å²) in [6.07, 6.45) is 0. The molecule has 3 aliphatic carbocycles. The van der Waals surface area contributed by atoms with E-state index in [0.717, 1.165) is 3.57 Å². The van der Waals surface area contributed by atoms with Gasteiger partial charge in [0.05, 0.1) is 17.5 Å². The first kappa shape index (κ1) is 18.3. The van der Waals surface area contributed by atoms with Crippen molar-refractivity contribution in [1.82, 2.24) is 0 Å². The number of nitrogens with zero attached hydrogens (tertiary/aromatic N) is 1. The Morgan fingerprint density at radius 1 is 0.667 bits per heavy atom. The first-order chi connectivity index (χ1) is 14.4. The number of hydrogen-bond donors (Lipinski definition) is 0. The molecular weight excluding hydrogens is 485 g/mol. The average Bonchev–Trinajstić information content (AvgIpc) is 3.04. The van der Waals surface area contributed by atoms with Crippen LogP contribution in [0.25, 0.3) is 0 Å². The highest BCUT2D eigenvalue weighted by molar-refractivity contribution is 14.1. The number of carbonyl (C=O) groups is 2. The number of hydrogen-bond acceptors (Lipinski definition) is 2. The zero-order valence-electron chi connectivity index (χ0n) is 16.7. The highest BCUT2D eigenvalue weighted by Crippen LogP contribution is 2.66. The van der Waals surface area contributed by atoms with Crippen LogP contribution in [0.2, 0.25) is 0 Å². The summed E-state index contributed by atoms with van der Waals surface area (Å²) in [5, 5.41) is 0. The van der Waals surface area contributed by atoms with Gasteiger partial charge in [0.1, 0.15) is 0 Å². The fraction of sp³-hybridized carbons (Fsp3) is 0.231. The number of rotatable bonds is 1. The quantitative estimate of drug-likeness (QED) is 0.344. The van der Waals surface area contributed by atoms with Crippen LogP contribution in [-0.2, 0) is 20.4 Å². The molecule has 3 aromatic carbocycles. The standard InChI is InChI=1S/C26H20INO2/c1-25-17-7-3-5-9-19(17)26(2,20-10-6-4-8-18(20)25)22-21(25)23(29)28(24(22)30)16-13-11-15(27)12-14-16/h3-14,21-22H,1-2H3/t21-,22+,25?,26?. The monoisotopic (exact) mass is 505 g/mol. The van der Waals surface area contributed by atoms with Gasteiger partial charge >= 0.3 is 0 Å². The van der Waals surface area contributed by atoms with E-state index in [4.69, 9.17) is 0 Å². The van der Waals surface area contributed by atoms with Crippen molar-refractivity contribution >= 4 is 40.1 Å². The second kappa shape index (κ2) is 5.82. The predicted molar refractivity (Wildman–Crippen MR) is 124 cm³/mol. The molecule has 148 valence electrons. The molecule has 3 aromatic rings. The fourth-order valence-corrected chi connectivity index (χ4v) is 6.77. The van der Waals surface area contributed by atoms with E-state index in [2.05, 4.69) is 60.7 Å². The molecule has 0 aromatic heterocycles. The molecule has 2 atom stereocenters. The summed E-state index contributed by atoms with van der Waals surface area (Å²) < 4.78 is 1.08. The van der Waals surface area contributed by atoms with Crippen LogP contribution >= 0.6 is 22.6 Å². The molecule has 0 spiro atoms. The van der Waals surface area contributed by atoms with Crippen LogP contribution in [0.4, 0.5) is 5.69 Å². The summed E-state index contributed by atoms with van der Waals surface area (Å²) in [6, 6.07) is 24.4. The number of carbonyl (C=O) groups excluding carboxylic acids is 2. The molecule has 1 fully saturated rings. The summed E-state index contributed by atoms with van der Waals surface area (Å²) in [4.78, 5) is 29.2. The van der Waals surface area contributed by atoms with E-state index in [-0.39, 0.29) is 11.8 Å². The number of amides is 2. The molecule has 2 amide bonds. The lowest BCUT2D eigenvalue weighted by atomic mass is 9.42. The number of anilines is 1. The largest absolute Gasteiger partial charge is 0.274 e. The number of benzene rings is 3. The number of halogens is 1. The van der Waals surface area contributed by atoms with Crippen molar-refractivity contribution in [1.29, 1.82) is 0 Å². The molecule has 7 rings (SSSR count). The van der Waals surface area contributed by atoms with E-state index in [1.54, 1.807) is 0 Å². The third-order valence-corrected chi connectivity index (χ3v) is 8.45. The Morgan fingerprint density at radius 3 is 1.40 bits per heavy atom. The molecule has 1 saturated heterocycles. The Kier molecular flexibility index (Phi) is 3.55. The molecule has 4 heteroatoms. The van der Waals surface area contributed by atoms with Crippen LogP contribution in [-0.4, -0.2) is 11.8 Å². The van der Waals surface area contributed by atoms with Crippen molar-refractivity contribution < 1.29 is 9.59 Å². The molecule has 0 unspecified atom stereocenters. The molecule has 2 bridgehead atoms. The molecule has 0 radical (unpaired) electrons. The zero-order chi connectivity index (χ0) is 20.8. The zero-order valence-corrected chi connectivity index (χ0v) is 18.9. The number of imide groups is 1. The van der Waals surface area contributed by atoms with Gasteiger partial charge in [-0.2, -0.15) is 0 Å². The summed E-state index contributed by atoms with van der Waals surface area (Å²) in [5.74, 6) is -0.967. The topological polar surface area (TPSA) is 37.4 Å². The Bertz CT molecular complexity index is 1120. The molecular formula is C26H20INO2. The predicted octanol–water partition coefficient (Wildman–Crippen LogP) is 5.04. The van der Waals surface area contributed by atoms with E-state index in [0.29, 0.717) is 5.69 Å². The van der Waals surface area contributed by atoms with E-state index < -0.39 is 22.7 Å². The van der Waals surface area contributed by atoms with Gasteiger partial charge in [0.25, 0.3) is 0 Å². The minimum Gasteiger partial charge on any atom is -0.274 e. The Balaban J connectivity index is 1.66. The minimum atomic E-state index is -0.527. The minimum absolute atomic E-state index is 0.0797. The molecule has 30 heavy (non-hydrogen) atoms. The first-order valence-corrected chi connectivity index (χ1v) is 11.3. The summed E-state index contributed by atoms with van der Waals surface area (Å²) in [7, 11) is 0. The van der Waals surface area contributed by atoms with Crippen molar-refractivity contribution in [3.05, 3.63) is 98.6 Å². The second-order valence-electron chi connectivity index (χ2n) is 8.94. The van der Waals surface area contributed by atoms with Crippen LogP contribution in [0, 0.1) is 15.4 Å². The molecule has 1 aliphatic heterocycles. The van der Waals surface area contributed by atoms with Crippen LogP contribution in [0.5, 0.6) is 0 Å². The summed E-state index contributed by atoms with van der Waals surface area (Å²) in [6.45, 7) is 4.31. The van der Waals surface area contributed by atoms with Gasteiger partial charge in [0.2, 0.25) is 11.8 Å². The van der Waals surface area contributed by atoms with E-state index in [9.17, 15) is 9.59 Å². The molecule has 3 nitrogen and oxygen atoms in total. The maximum absolute atomic E-state index is 13.9. The maximum atomic E-state index is 13.9. The lowest BCUT2D eigenvalue weighted by molar-refractivity contribution is -0.124. The normalized spacial score (nSPS) is 30.8. The fourth-order valence-electron chi connectivity index (χ4n) is 6.42. The molecule has 0 N–H and O–H groups in total. The molecule has 1 heterocycles. The smallest absolute Gasteiger partial charge is 0.238 e. The summed E-state index contributed by atoms with van der Waals surface area (Å²) >= 11 is 2.24. The van der Waals surface area contributed by atoms with E-state index in [1.807, 2.05) is 48.5 Å². The third-order valence-electron chi connectivity index (χ3n) is 7.73. The molecule has 0 saturated carbocycles. The van der Waals surface area contributed by atoms with Gasteiger partial charge in [0.15, 0.2) is 0 Å². The van der Waals surface area contributed by atoms with Crippen molar-refractivity contribution in [2.24, 2.45) is 11.8 Å². The van der Waals surface area contributed by atoms with Gasteiger partial charge in [-0.15, -0.1) is 0 Å².